The molecule has 5 nitrogen and oxygen atoms in total. The van der Waals surface area contributed by atoms with Gasteiger partial charge in [0, 0.05) is 51.3 Å². The van der Waals surface area contributed by atoms with E-state index in [1.54, 1.807) is 14.0 Å². The number of likely N-dealkylation sites (tertiary alicyclic amines) is 1. The normalized spacial score (nSPS) is 19.8. The number of para-hydroxylation sites is 1. The number of nitrogens with zero attached hydrogens (tertiary/aromatic N) is 3. The van der Waals surface area contributed by atoms with Crippen LogP contribution in [0, 0.1) is 5.92 Å². The molecule has 0 N–H and O–H groups in total. The number of ether oxygens (including phenoxy) is 1. The van der Waals surface area contributed by atoms with Crippen LogP contribution in [0.15, 0.2) is 48.7 Å². The molecule has 2 aromatic rings. The molecule has 1 fully saturated rings. The minimum atomic E-state index is 0.136. The topological polar surface area (TPSA) is 45.7 Å². The third-order valence-corrected chi connectivity index (χ3v) is 5.63. The Balaban J connectivity index is 1.85. The molecule has 5 heteroatoms. The molecule has 2 atom stereocenters. The first-order valence-electron chi connectivity index (χ1n) is 10.0. The summed E-state index contributed by atoms with van der Waals surface area (Å²) in [6.45, 7) is 9.29. The van der Waals surface area contributed by atoms with E-state index in [2.05, 4.69) is 41.9 Å². The average Bonchev–Trinajstić information content (AvgIpc) is 3.08. The maximum Gasteiger partial charge on any atom is 0.219 e. The third-order valence-electron chi connectivity index (χ3n) is 5.63. The number of rotatable bonds is 7. The van der Waals surface area contributed by atoms with Crippen molar-refractivity contribution in [1.82, 2.24) is 14.8 Å². The Morgan fingerprint density at radius 1 is 1.21 bits per heavy atom. The number of amides is 1. The Kier molecular flexibility index (Phi) is 6.68. The Labute approximate surface area is 168 Å². The van der Waals surface area contributed by atoms with Gasteiger partial charge in [0.05, 0.1) is 12.8 Å². The smallest absolute Gasteiger partial charge is 0.219 e. The van der Waals surface area contributed by atoms with Gasteiger partial charge in [0.2, 0.25) is 5.91 Å². The number of hydrogen-bond donors (Lipinski definition) is 0. The zero-order chi connectivity index (χ0) is 20.1. The first-order chi connectivity index (χ1) is 13.5. The van der Waals surface area contributed by atoms with Gasteiger partial charge in [-0.25, -0.2) is 0 Å². The second kappa shape index (κ2) is 9.20. The van der Waals surface area contributed by atoms with Gasteiger partial charge in [-0.05, 0) is 43.5 Å². The molecule has 2 unspecified atom stereocenters. The molecule has 3 rings (SSSR count). The van der Waals surface area contributed by atoms with E-state index in [0.717, 1.165) is 37.6 Å². The summed E-state index contributed by atoms with van der Waals surface area (Å²) in [7, 11) is 1.73. The Hall–Kier alpha value is -2.40. The number of pyridine rings is 1. The lowest BCUT2D eigenvalue weighted by molar-refractivity contribution is -0.131. The summed E-state index contributed by atoms with van der Waals surface area (Å²) >= 11 is 0. The minimum absolute atomic E-state index is 0.136. The number of carbonyl (C=O) groups excluding carboxylic acids is 1. The largest absolute Gasteiger partial charge is 0.496 e. The van der Waals surface area contributed by atoms with Crippen molar-refractivity contribution >= 4 is 5.91 Å². The van der Waals surface area contributed by atoms with Crippen LogP contribution in [-0.2, 0) is 11.3 Å². The summed E-state index contributed by atoms with van der Waals surface area (Å²) in [6, 6.07) is 14.5. The maximum atomic E-state index is 12.2. The van der Waals surface area contributed by atoms with Crippen LogP contribution in [0.3, 0.4) is 0 Å². The molecular weight excluding hydrogens is 350 g/mol. The van der Waals surface area contributed by atoms with Crippen molar-refractivity contribution < 1.29 is 9.53 Å². The van der Waals surface area contributed by atoms with E-state index < -0.39 is 0 Å². The molecule has 0 radical (unpaired) electrons. The fourth-order valence-electron chi connectivity index (χ4n) is 4.28. The van der Waals surface area contributed by atoms with Crippen LogP contribution in [0.25, 0.3) is 0 Å². The zero-order valence-corrected chi connectivity index (χ0v) is 17.3. The predicted molar refractivity (Wildman–Crippen MR) is 111 cm³/mol. The maximum absolute atomic E-state index is 12.2. The van der Waals surface area contributed by atoms with E-state index >= 15 is 0 Å². The van der Waals surface area contributed by atoms with Gasteiger partial charge in [-0.2, -0.15) is 0 Å². The first kappa shape index (κ1) is 20.3. The molecule has 1 aliphatic rings. The monoisotopic (exact) mass is 381 g/mol. The predicted octanol–water partition coefficient (Wildman–Crippen LogP) is 3.56. The number of aromatic nitrogens is 1. The lowest BCUT2D eigenvalue weighted by Gasteiger charge is -2.31. The van der Waals surface area contributed by atoms with Crippen molar-refractivity contribution in [1.29, 1.82) is 0 Å². The van der Waals surface area contributed by atoms with Crippen molar-refractivity contribution in [2.24, 2.45) is 5.92 Å². The van der Waals surface area contributed by atoms with E-state index in [1.807, 2.05) is 35.4 Å². The van der Waals surface area contributed by atoms with Gasteiger partial charge in [-0.1, -0.05) is 24.3 Å². The third kappa shape index (κ3) is 4.71. The fraction of sp³-hybridized carbons (Fsp3) is 0.478. The molecule has 1 aliphatic heterocycles. The average molecular weight is 382 g/mol. The molecule has 150 valence electrons. The lowest BCUT2D eigenvalue weighted by Crippen LogP contribution is -2.40. The second-order valence-corrected chi connectivity index (χ2v) is 7.89. The van der Waals surface area contributed by atoms with Crippen LogP contribution < -0.4 is 4.74 Å². The van der Waals surface area contributed by atoms with Crippen LogP contribution in [0.2, 0.25) is 0 Å². The zero-order valence-electron chi connectivity index (χ0n) is 17.3. The molecular formula is C23H31N3O2. The van der Waals surface area contributed by atoms with Gasteiger partial charge in [0.15, 0.2) is 0 Å². The summed E-state index contributed by atoms with van der Waals surface area (Å²) in [5.41, 5.74) is 2.31. The highest BCUT2D eigenvalue weighted by atomic mass is 16.5. The van der Waals surface area contributed by atoms with E-state index in [1.165, 1.54) is 5.56 Å². The van der Waals surface area contributed by atoms with Crippen molar-refractivity contribution in [2.45, 2.75) is 39.3 Å². The molecule has 1 aromatic carbocycles. The van der Waals surface area contributed by atoms with Crippen LogP contribution in [0.1, 0.15) is 37.9 Å². The van der Waals surface area contributed by atoms with Gasteiger partial charge < -0.3 is 9.64 Å². The molecule has 1 amide bonds. The van der Waals surface area contributed by atoms with Crippen LogP contribution in [0.5, 0.6) is 5.75 Å². The van der Waals surface area contributed by atoms with Gasteiger partial charge in [0.25, 0.3) is 0 Å². The van der Waals surface area contributed by atoms with Gasteiger partial charge in [0.1, 0.15) is 5.75 Å². The summed E-state index contributed by atoms with van der Waals surface area (Å²) in [5.74, 6) is 1.74. The highest BCUT2D eigenvalue weighted by Crippen LogP contribution is 2.38. The molecule has 0 saturated carbocycles. The summed E-state index contributed by atoms with van der Waals surface area (Å²) in [4.78, 5) is 21.1. The quantitative estimate of drug-likeness (QED) is 0.736. The lowest BCUT2D eigenvalue weighted by atomic mass is 9.87. The molecule has 0 aliphatic carbocycles. The summed E-state index contributed by atoms with van der Waals surface area (Å²) < 4.78 is 5.65. The van der Waals surface area contributed by atoms with E-state index in [4.69, 9.17) is 4.74 Å². The van der Waals surface area contributed by atoms with E-state index in [-0.39, 0.29) is 11.9 Å². The Morgan fingerprint density at radius 2 is 1.96 bits per heavy atom. The first-order valence-corrected chi connectivity index (χ1v) is 10.0. The highest BCUT2D eigenvalue weighted by molar-refractivity contribution is 5.73. The van der Waals surface area contributed by atoms with Gasteiger partial charge in [-0.15, -0.1) is 0 Å². The van der Waals surface area contributed by atoms with Crippen molar-refractivity contribution in [3.05, 3.63) is 59.9 Å². The molecule has 2 heterocycles. The van der Waals surface area contributed by atoms with Crippen LogP contribution in [0.4, 0.5) is 0 Å². The highest BCUT2D eigenvalue weighted by Gasteiger charge is 2.37. The van der Waals surface area contributed by atoms with Gasteiger partial charge >= 0.3 is 0 Å². The van der Waals surface area contributed by atoms with E-state index in [0.29, 0.717) is 11.8 Å². The number of hydrogen-bond acceptors (Lipinski definition) is 4. The molecule has 28 heavy (non-hydrogen) atoms. The molecule has 1 aromatic heterocycles. The SMILES string of the molecule is COc1ccccc1C1CN(Cc2ccccn2)CC1CN(C(C)=O)C(C)C. The molecule has 1 saturated heterocycles. The van der Waals surface area contributed by atoms with E-state index in [9.17, 15) is 4.79 Å². The number of carbonyl (C=O) groups is 1. The number of benzene rings is 1. The van der Waals surface area contributed by atoms with Gasteiger partial charge in [-0.3, -0.25) is 14.7 Å². The summed E-state index contributed by atoms with van der Waals surface area (Å²) in [5, 5.41) is 0. The van der Waals surface area contributed by atoms with Crippen molar-refractivity contribution in [3.8, 4) is 5.75 Å². The van der Waals surface area contributed by atoms with Crippen molar-refractivity contribution in [2.75, 3.05) is 26.7 Å². The Bertz CT molecular complexity index is 778. The van der Waals surface area contributed by atoms with Crippen molar-refractivity contribution in [3.63, 3.8) is 0 Å². The molecule has 0 bridgehead atoms. The number of methoxy groups -OCH3 is 1. The standard InChI is InChI=1S/C23H31N3O2/c1-17(2)26(18(3)27)14-19-13-25(15-20-9-7-8-12-24-20)16-22(19)21-10-5-6-11-23(21)28-4/h5-12,17,19,22H,13-16H2,1-4H3. The molecule has 0 spiro atoms. The second-order valence-electron chi connectivity index (χ2n) is 7.89. The minimum Gasteiger partial charge on any atom is -0.496 e. The summed E-state index contributed by atoms with van der Waals surface area (Å²) in [6.07, 6.45) is 1.84. The van der Waals surface area contributed by atoms with Crippen LogP contribution >= 0.6 is 0 Å². The van der Waals surface area contributed by atoms with Crippen LogP contribution in [-0.4, -0.2) is 53.5 Å². The Morgan fingerprint density at radius 3 is 2.61 bits per heavy atom. The fourth-order valence-corrected chi connectivity index (χ4v) is 4.28.